The van der Waals surface area contributed by atoms with E-state index in [-0.39, 0.29) is 30.3 Å². The Balaban J connectivity index is 1.96. The van der Waals surface area contributed by atoms with Crippen molar-refractivity contribution in [1.29, 1.82) is 0 Å². The Morgan fingerprint density at radius 2 is 1.45 bits per heavy atom. The summed E-state index contributed by atoms with van der Waals surface area (Å²) in [5, 5.41) is 2.39. The summed E-state index contributed by atoms with van der Waals surface area (Å²) in [5.41, 5.74) is -4.98. The number of hydrogen-bond acceptors (Lipinski definition) is 3. The minimum absolute atomic E-state index is 0.0129. The molecule has 1 N–H and O–H groups in total. The Labute approximate surface area is 210 Å². The van der Waals surface area contributed by atoms with Gasteiger partial charge in [-0.1, -0.05) is 0 Å². The van der Waals surface area contributed by atoms with Crippen LogP contribution in [0.1, 0.15) is 54.1 Å². The van der Waals surface area contributed by atoms with Gasteiger partial charge in [-0.05, 0) is 67.8 Å². The first-order valence-corrected chi connectivity index (χ1v) is 11.2. The quantitative estimate of drug-likeness (QED) is 0.417. The molecule has 14 heteroatoms. The molecule has 2 aromatic carbocycles. The minimum atomic E-state index is -5.12. The van der Waals surface area contributed by atoms with Gasteiger partial charge in [-0.25, -0.2) is 4.79 Å². The van der Waals surface area contributed by atoms with E-state index in [4.69, 9.17) is 4.74 Å². The van der Waals surface area contributed by atoms with Gasteiger partial charge in [0.1, 0.15) is 0 Å². The third-order valence-corrected chi connectivity index (χ3v) is 5.82. The lowest BCUT2D eigenvalue weighted by atomic mass is 9.90. The van der Waals surface area contributed by atoms with Crippen molar-refractivity contribution >= 4 is 17.7 Å². The fourth-order valence-electron chi connectivity index (χ4n) is 4.20. The largest absolute Gasteiger partial charge is 0.449 e. The second-order valence-corrected chi connectivity index (χ2v) is 8.64. The first-order chi connectivity index (χ1) is 17.4. The fraction of sp³-hybridized carbons (Fsp3) is 0.417. The summed E-state index contributed by atoms with van der Waals surface area (Å²) in [6.07, 6.45) is -16.9. The number of hydrogen-bond donors (Lipinski definition) is 1. The summed E-state index contributed by atoms with van der Waals surface area (Å²) < 4.78 is 124. The van der Waals surface area contributed by atoms with Crippen molar-refractivity contribution < 1.29 is 53.8 Å². The molecule has 2 unspecified atom stereocenters. The van der Waals surface area contributed by atoms with Gasteiger partial charge < -0.3 is 10.1 Å². The molecular weight excluding hydrogens is 535 g/mol. The highest BCUT2D eigenvalue weighted by atomic mass is 19.4. The van der Waals surface area contributed by atoms with Crippen LogP contribution in [-0.2, 0) is 34.5 Å². The lowest BCUT2D eigenvalue weighted by molar-refractivity contribution is -0.143. The van der Waals surface area contributed by atoms with E-state index in [1.807, 2.05) is 0 Å². The van der Waals surface area contributed by atoms with Crippen LogP contribution in [0, 0.1) is 0 Å². The predicted molar refractivity (Wildman–Crippen MR) is 116 cm³/mol. The molecule has 0 radical (unpaired) electrons. The van der Waals surface area contributed by atoms with Crippen molar-refractivity contribution in [2.75, 3.05) is 11.5 Å². The topological polar surface area (TPSA) is 58.6 Å². The van der Waals surface area contributed by atoms with Gasteiger partial charge in [-0.2, -0.15) is 39.5 Å². The zero-order valence-corrected chi connectivity index (χ0v) is 19.8. The van der Waals surface area contributed by atoms with E-state index in [1.54, 1.807) is 6.92 Å². The average molecular weight is 556 g/mol. The smallest absolute Gasteiger partial charge is 0.416 e. The number of fused-ring (bicyclic) bond motifs is 1. The Kier molecular flexibility index (Phi) is 7.94. The lowest BCUT2D eigenvalue weighted by Gasteiger charge is -2.39. The van der Waals surface area contributed by atoms with Crippen LogP contribution in [-0.4, -0.2) is 24.6 Å². The van der Waals surface area contributed by atoms with E-state index in [9.17, 15) is 49.1 Å². The molecule has 0 bridgehead atoms. The standard InChI is InChI=1S/C24H21F9N2O3/c1-3-38-21(37)35-12(2)6-18(17-11-14(22(25,26)27)4-5-19(17)35)34-20(36)9-13-7-15(23(28,29)30)10-16(8-13)24(31,32)33/h4-5,7-8,10-12,18H,3,6,9H2,1-2H3,(H,34,36). The van der Waals surface area contributed by atoms with E-state index >= 15 is 0 Å². The van der Waals surface area contributed by atoms with Crippen molar-refractivity contribution in [2.45, 2.75) is 57.3 Å². The molecule has 38 heavy (non-hydrogen) atoms. The number of nitrogens with zero attached hydrogens (tertiary/aromatic N) is 1. The number of ether oxygens (including phenoxy) is 1. The van der Waals surface area contributed by atoms with Crippen molar-refractivity contribution in [3.8, 4) is 0 Å². The van der Waals surface area contributed by atoms with Crippen LogP contribution in [0.15, 0.2) is 36.4 Å². The van der Waals surface area contributed by atoms with Gasteiger partial charge in [0.2, 0.25) is 5.91 Å². The van der Waals surface area contributed by atoms with E-state index in [0.29, 0.717) is 12.1 Å². The Bertz CT molecular complexity index is 1170. The number of rotatable bonds is 4. The third-order valence-electron chi connectivity index (χ3n) is 5.82. The molecule has 0 spiro atoms. The van der Waals surface area contributed by atoms with Crippen LogP contribution < -0.4 is 10.2 Å². The number of anilines is 1. The van der Waals surface area contributed by atoms with Gasteiger partial charge >= 0.3 is 24.6 Å². The van der Waals surface area contributed by atoms with Crippen LogP contribution in [0.4, 0.5) is 50.0 Å². The molecule has 1 aliphatic rings. The van der Waals surface area contributed by atoms with Gasteiger partial charge in [0.25, 0.3) is 0 Å². The molecule has 0 fully saturated rings. The highest BCUT2D eigenvalue weighted by Gasteiger charge is 2.40. The predicted octanol–water partition coefficient (Wildman–Crippen LogP) is 6.90. The van der Waals surface area contributed by atoms with E-state index < -0.39 is 71.3 Å². The van der Waals surface area contributed by atoms with Gasteiger partial charge in [-0.15, -0.1) is 0 Å². The zero-order chi connectivity index (χ0) is 28.6. The number of carbonyl (C=O) groups is 2. The molecule has 1 aliphatic heterocycles. The summed E-state index contributed by atoms with van der Waals surface area (Å²) in [7, 11) is 0. The first-order valence-electron chi connectivity index (χ1n) is 11.2. The van der Waals surface area contributed by atoms with Gasteiger partial charge in [0.15, 0.2) is 0 Å². The first kappa shape index (κ1) is 29.1. The Morgan fingerprint density at radius 3 is 1.95 bits per heavy atom. The minimum Gasteiger partial charge on any atom is -0.449 e. The molecule has 3 rings (SSSR count). The normalized spacial score (nSPS) is 18.1. The van der Waals surface area contributed by atoms with Gasteiger partial charge in [0, 0.05) is 6.04 Å². The number of alkyl halides is 9. The van der Waals surface area contributed by atoms with Crippen molar-refractivity contribution in [3.05, 3.63) is 64.2 Å². The van der Waals surface area contributed by atoms with Crippen LogP contribution in [0.2, 0.25) is 0 Å². The van der Waals surface area contributed by atoms with Crippen molar-refractivity contribution in [1.82, 2.24) is 5.32 Å². The summed E-state index contributed by atoms with van der Waals surface area (Å²) in [6.45, 7) is 3.05. The molecule has 2 aromatic rings. The number of nitrogens with one attached hydrogen (secondary N) is 1. The maximum Gasteiger partial charge on any atom is 0.416 e. The molecule has 0 aliphatic carbocycles. The number of halogens is 9. The molecule has 1 heterocycles. The average Bonchev–Trinajstić information content (AvgIpc) is 2.77. The Hall–Kier alpha value is -3.45. The Morgan fingerprint density at radius 1 is 0.895 bits per heavy atom. The molecule has 208 valence electrons. The maximum atomic E-state index is 13.4. The second kappa shape index (κ2) is 10.4. The summed E-state index contributed by atoms with van der Waals surface area (Å²) in [6, 6.07) is 1.40. The second-order valence-electron chi connectivity index (χ2n) is 8.64. The summed E-state index contributed by atoms with van der Waals surface area (Å²) in [5.74, 6) is -1.03. The highest BCUT2D eigenvalue weighted by molar-refractivity contribution is 5.90. The van der Waals surface area contributed by atoms with E-state index in [2.05, 4.69) is 5.32 Å². The van der Waals surface area contributed by atoms with Crippen molar-refractivity contribution in [2.24, 2.45) is 0 Å². The molecule has 2 amide bonds. The van der Waals surface area contributed by atoms with E-state index in [0.717, 1.165) is 23.1 Å². The van der Waals surface area contributed by atoms with E-state index in [1.165, 1.54) is 6.92 Å². The monoisotopic (exact) mass is 556 g/mol. The van der Waals surface area contributed by atoms with Crippen LogP contribution >= 0.6 is 0 Å². The lowest BCUT2D eigenvalue weighted by Crippen LogP contribution is -2.47. The van der Waals surface area contributed by atoms with Gasteiger partial charge in [0.05, 0.1) is 41.4 Å². The maximum absolute atomic E-state index is 13.4. The van der Waals surface area contributed by atoms with Crippen LogP contribution in [0.5, 0.6) is 0 Å². The van der Waals surface area contributed by atoms with Crippen LogP contribution in [0.25, 0.3) is 0 Å². The van der Waals surface area contributed by atoms with Crippen molar-refractivity contribution in [3.63, 3.8) is 0 Å². The summed E-state index contributed by atoms with van der Waals surface area (Å²) in [4.78, 5) is 26.3. The fourth-order valence-corrected chi connectivity index (χ4v) is 4.20. The zero-order valence-electron chi connectivity index (χ0n) is 19.8. The number of amides is 2. The molecule has 5 nitrogen and oxygen atoms in total. The molecule has 0 saturated carbocycles. The van der Waals surface area contributed by atoms with Crippen LogP contribution in [0.3, 0.4) is 0 Å². The SMILES string of the molecule is CCOC(=O)N1c2ccc(C(F)(F)F)cc2C(NC(=O)Cc2cc(C(F)(F)F)cc(C(F)(F)F)c2)CC1C. The van der Waals surface area contributed by atoms with Gasteiger partial charge in [-0.3, -0.25) is 9.69 Å². The molecule has 0 aromatic heterocycles. The summed E-state index contributed by atoms with van der Waals surface area (Å²) >= 11 is 0. The molecule has 0 saturated heterocycles. The highest BCUT2D eigenvalue weighted by Crippen LogP contribution is 2.41. The molecule has 2 atom stereocenters. The number of benzene rings is 2. The third kappa shape index (κ3) is 6.51. The molecular formula is C24H21F9N2O3. The number of carbonyl (C=O) groups excluding carboxylic acids is 2.